The van der Waals surface area contributed by atoms with Crippen LogP contribution in [0.5, 0.6) is 0 Å². The lowest BCUT2D eigenvalue weighted by atomic mass is 9.69. The van der Waals surface area contributed by atoms with Gasteiger partial charge < -0.3 is 9.64 Å². The van der Waals surface area contributed by atoms with E-state index in [9.17, 15) is 4.79 Å². The highest BCUT2D eigenvalue weighted by Gasteiger charge is 2.42. The zero-order chi connectivity index (χ0) is 17.8. The first-order valence-electron chi connectivity index (χ1n) is 9.06. The van der Waals surface area contributed by atoms with Gasteiger partial charge in [-0.2, -0.15) is 0 Å². The summed E-state index contributed by atoms with van der Waals surface area (Å²) >= 11 is 2.15. The lowest BCUT2D eigenvalue weighted by molar-refractivity contribution is -0.152. The molecular weight excluding hydrogens is 413 g/mol. The number of likely N-dealkylation sites (N-methyl/N-ethyl adjacent to an activating group) is 1. The van der Waals surface area contributed by atoms with Gasteiger partial charge in [0.05, 0.1) is 5.41 Å². The predicted octanol–water partition coefficient (Wildman–Crippen LogP) is 4.82. The molecule has 0 aliphatic heterocycles. The molecule has 0 N–H and O–H groups in total. The van der Waals surface area contributed by atoms with Crippen molar-refractivity contribution in [3.63, 3.8) is 0 Å². The molecule has 0 unspecified atom stereocenters. The average molecular weight is 445 g/mol. The normalized spacial score (nSPS) is 16.2. The van der Waals surface area contributed by atoms with Crippen LogP contribution in [-0.2, 0) is 14.9 Å². The van der Waals surface area contributed by atoms with Crippen LogP contribution in [0.1, 0.15) is 51.5 Å². The van der Waals surface area contributed by atoms with E-state index >= 15 is 0 Å². The van der Waals surface area contributed by atoms with E-state index in [1.165, 1.54) is 6.42 Å². The number of nitrogens with zero attached hydrogens (tertiary/aromatic N) is 1. The van der Waals surface area contributed by atoms with Gasteiger partial charge in [0.25, 0.3) is 0 Å². The Hall–Kier alpha value is -0.620. The first-order chi connectivity index (χ1) is 11.7. The minimum absolute atomic E-state index is 0.0226. The molecule has 0 heterocycles. The summed E-state index contributed by atoms with van der Waals surface area (Å²) in [5, 5.41) is 0. The van der Waals surface area contributed by atoms with Crippen LogP contribution in [0.25, 0.3) is 0 Å². The predicted molar refractivity (Wildman–Crippen MR) is 110 cm³/mol. The number of hydrogen-bond acceptors (Lipinski definition) is 3. The molecule has 1 aromatic rings. The molecule has 0 bridgehead atoms. The summed E-state index contributed by atoms with van der Waals surface area (Å²) in [5.74, 6) is -0.0226. The summed E-state index contributed by atoms with van der Waals surface area (Å²) in [7, 11) is 0. The number of rotatable bonds is 7. The molecule has 0 radical (unpaired) electrons. The molecule has 24 heavy (non-hydrogen) atoms. The minimum atomic E-state index is -0.414. The Bertz CT molecular complexity index is 454. The highest BCUT2D eigenvalue weighted by molar-refractivity contribution is 14.1. The van der Waals surface area contributed by atoms with Crippen molar-refractivity contribution in [2.45, 2.75) is 51.4 Å². The maximum absolute atomic E-state index is 12.8. The summed E-state index contributed by atoms with van der Waals surface area (Å²) in [4.78, 5) is 17.1. The van der Waals surface area contributed by atoms with Crippen molar-refractivity contribution < 1.29 is 9.53 Å². The first kappa shape index (κ1) is 21.4. The Kier molecular flexibility index (Phi) is 10.6. The molecular formula is C20H32INO2. The smallest absolute Gasteiger partial charge is 0.316 e. The molecule has 1 aromatic carbocycles. The van der Waals surface area contributed by atoms with Gasteiger partial charge in [0.15, 0.2) is 0 Å². The van der Waals surface area contributed by atoms with Gasteiger partial charge in [0.1, 0.15) is 6.61 Å². The van der Waals surface area contributed by atoms with Crippen molar-refractivity contribution in [3.8, 4) is 0 Å². The molecule has 1 saturated carbocycles. The molecule has 0 aromatic heterocycles. The number of carbonyl (C=O) groups is 1. The SMILES string of the molecule is CCN(CC)CCOC(=O)C1(c2ccccc2)CCCCC1.CI. The summed E-state index contributed by atoms with van der Waals surface area (Å²) in [6, 6.07) is 10.2. The second-order valence-corrected chi connectivity index (χ2v) is 6.17. The molecule has 0 saturated heterocycles. The lowest BCUT2D eigenvalue weighted by Crippen LogP contribution is -2.40. The van der Waals surface area contributed by atoms with E-state index in [0.717, 1.165) is 50.9 Å². The molecule has 0 atom stereocenters. The number of halogens is 1. The van der Waals surface area contributed by atoms with Gasteiger partial charge in [-0.3, -0.25) is 4.79 Å². The number of carbonyl (C=O) groups excluding carboxylic acids is 1. The Labute approximate surface area is 161 Å². The summed E-state index contributed by atoms with van der Waals surface area (Å²) < 4.78 is 5.69. The van der Waals surface area contributed by atoms with E-state index < -0.39 is 5.41 Å². The molecule has 1 aliphatic carbocycles. The van der Waals surface area contributed by atoms with E-state index in [-0.39, 0.29) is 5.97 Å². The molecule has 1 aliphatic rings. The fraction of sp³-hybridized carbons (Fsp3) is 0.650. The monoisotopic (exact) mass is 445 g/mol. The Morgan fingerprint density at radius 1 is 1.08 bits per heavy atom. The quantitative estimate of drug-likeness (QED) is 0.342. The third-order valence-corrected chi connectivity index (χ3v) is 4.96. The van der Waals surface area contributed by atoms with Gasteiger partial charge in [0.2, 0.25) is 0 Å². The summed E-state index contributed by atoms with van der Waals surface area (Å²) in [5.41, 5.74) is 0.713. The Morgan fingerprint density at radius 2 is 1.67 bits per heavy atom. The van der Waals surface area contributed by atoms with Crippen molar-refractivity contribution in [2.75, 3.05) is 31.2 Å². The van der Waals surface area contributed by atoms with Crippen molar-refractivity contribution in [3.05, 3.63) is 35.9 Å². The molecule has 136 valence electrons. The minimum Gasteiger partial charge on any atom is -0.464 e. The van der Waals surface area contributed by atoms with E-state index in [0.29, 0.717) is 6.61 Å². The number of benzene rings is 1. The highest BCUT2D eigenvalue weighted by atomic mass is 127. The standard InChI is InChI=1S/C19H29NO2.CH3I/c1-3-20(4-2)15-16-22-18(21)19(13-9-6-10-14-19)17-11-7-5-8-12-17;1-2/h5,7-8,11-12H,3-4,6,9-10,13-16H2,1-2H3;1H3. The van der Waals surface area contributed by atoms with E-state index in [4.69, 9.17) is 4.74 Å². The third-order valence-electron chi connectivity index (χ3n) is 4.96. The molecule has 3 nitrogen and oxygen atoms in total. The van der Waals surface area contributed by atoms with Crippen LogP contribution in [0.4, 0.5) is 0 Å². The van der Waals surface area contributed by atoms with Crippen molar-refractivity contribution >= 4 is 28.6 Å². The maximum Gasteiger partial charge on any atom is 0.316 e. The van der Waals surface area contributed by atoms with Crippen LogP contribution in [0, 0.1) is 0 Å². The third kappa shape index (κ3) is 5.73. The van der Waals surface area contributed by atoms with Crippen molar-refractivity contribution in [1.29, 1.82) is 0 Å². The van der Waals surface area contributed by atoms with E-state index in [2.05, 4.69) is 53.5 Å². The van der Waals surface area contributed by atoms with Gasteiger partial charge in [-0.1, -0.05) is 86.0 Å². The van der Waals surface area contributed by atoms with Crippen LogP contribution in [0.3, 0.4) is 0 Å². The molecule has 1 fully saturated rings. The van der Waals surface area contributed by atoms with Gasteiger partial charge in [-0.25, -0.2) is 0 Å². The topological polar surface area (TPSA) is 29.5 Å². The zero-order valence-corrected chi connectivity index (χ0v) is 17.5. The first-order valence-corrected chi connectivity index (χ1v) is 11.2. The second kappa shape index (κ2) is 11.9. The Morgan fingerprint density at radius 3 is 2.21 bits per heavy atom. The Balaban J connectivity index is 0.00000139. The fourth-order valence-corrected chi connectivity index (χ4v) is 3.47. The molecule has 0 spiro atoms. The van der Waals surface area contributed by atoms with Crippen LogP contribution < -0.4 is 0 Å². The summed E-state index contributed by atoms with van der Waals surface area (Å²) in [6.45, 7) is 7.59. The number of esters is 1. The molecule has 0 amide bonds. The van der Waals surface area contributed by atoms with Gasteiger partial charge in [-0.15, -0.1) is 0 Å². The maximum atomic E-state index is 12.8. The largest absolute Gasteiger partial charge is 0.464 e. The lowest BCUT2D eigenvalue weighted by Gasteiger charge is -2.35. The van der Waals surface area contributed by atoms with Crippen LogP contribution >= 0.6 is 22.6 Å². The summed E-state index contributed by atoms with van der Waals surface area (Å²) in [6.07, 6.45) is 5.28. The number of alkyl halides is 1. The van der Waals surface area contributed by atoms with Crippen molar-refractivity contribution in [1.82, 2.24) is 4.90 Å². The van der Waals surface area contributed by atoms with Gasteiger partial charge >= 0.3 is 5.97 Å². The zero-order valence-electron chi connectivity index (χ0n) is 15.4. The molecule has 4 heteroatoms. The highest BCUT2D eigenvalue weighted by Crippen LogP contribution is 2.40. The fourth-order valence-electron chi connectivity index (χ4n) is 3.47. The van der Waals surface area contributed by atoms with Crippen molar-refractivity contribution in [2.24, 2.45) is 0 Å². The van der Waals surface area contributed by atoms with Gasteiger partial charge in [0, 0.05) is 6.54 Å². The van der Waals surface area contributed by atoms with Crippen LogP contribution in [-0.4, -0.2) is 42.0 Å². The van der Waals surface area contributed by atoms with Crippen LogP contribution in [0.15, 0.2) is 30.3 Å². The van der Waals surface area contributed by atoms with E-state index in [1.807, 2.05) is 23.1 Å². The molecule has 2 rings (SSSR count). The second-order valence-electron chi connectivity index (χ2n) is 6.17. The number of hydrogen-bond donors (Lipinski definition) is 0. The van der Waals surface area contributed by atoms with E-state index in [1.54, 1.807) is 0 Å². The van der Waals surface area contributed by atoms with Crippen LogP contribution in [0.2, 0.25) is 0 Å². The number of ether oxygens (including phenoxy) is 1. The average Bonchev–Trinajstić information content (AvgIpc) is 2.68. The van der Waals surface area contributed by atoms with Gasteiger partial charge in [-0.05, 0) is 36.4 Å².